The number of carbonyl (C=O) groups is 1. The first-order valence-corrected chi connectivity index (χ1v) is 9.64. The molecular formula is C21H26N2O4S. The van der Waals surface area contributed by atoms with Crippen LogP contribution in [-0.4, -0.2) is 30.8 Å². The molecule has 1 amide bonds. The fourth-order valence-corrected chi connectivity index (χ4v) is 2.79. The second kappa shape index (κ2) is 10.5. The third kappa shape index (κ3) is 5.85. The number of hydrogen-bond donors (Lipinski definition) is 2. The van der Waals surface area contributed by atoms with Crippen LogP contribution < -0.4 is 24.8 Å². The molecule has 150 valence electrons. The second-order valence-electron chi connectivity index (χ2n) is 5.88. The van der Waals surface area contributed by atoms with Gasteiger partial charge in [0.1, 0.15) is 0 Å². The van der Waals surface area contributed by atoms with Crippen molar-refractivity contribution in [3.8, 4) is 17.2 Å². The van der Waals surface area contributed by atoms with E-state index in [2.05, 4.69) is 10.6 Å². The zero-order chi connectivity index (χ0) is 20.5. The van der Waals surface area contributed by atoms with Gasteiger partial charge in [0.05, 0.1) is 19.8 Å². The van der Waals surface area contributed by atoms with Crippen molar-refractivity contribution in [1.29, 1.82) is 0 Å². The number of anilines is 1. The molecule has 2 N–H and O–H groups in total. The first-order valence-electron chi connectivity index (χ1n) is 9.23. The van der Waals surface area contributed by atoms with E-state index in [-0.39, 0.29) is 11.0 Å². The van der Waals surface area contributed by atoms with Gasteiger partial charge in [-0.3, -0.25) is 10.1 Å². The first-order chi connectivity index (χ1) is 13.5. The van der Waals surface area contributed by atoms with Gasteiger partial charge in [0.15, 0.2) is 16.6 Å². The minimum absolute atomic E-state index is 0.209. The van der Waals surface area contributed by atoms with E-state index in [9.17, 15) is 4.79 Å². The highest BCUT2D eigenvalue weighted by atomic mass is 32.1. The van der Waals surface area contributed by atoms with E-state index >= 15 is 0 Å². The quantitative estimate of drug-likeness (QED) is 0.641. The molecule has 0 bridgehead atoms. The number of carbonyl (C=O) groups excluding carboxylic acids is 1. The maximum Gasteiger partial charge on any atom is 0.257 e. The van der Waals surface area contributed by atoms with Gasteiger partial charge in [-0.2, -0.15) is 0 Å². The van der Waals surface area contributed by atoms with Gasteiger partial charge in [-0.15, -0.1) is 0 Å². The van der Waals surface area contributed by atoms with Crippen molar-refractivity contribution in [1.82, 2.24) is 5.32 Å². The molecule has 0 unspecified atom stereocenters. The normalized spacial score (nSPS) is 10.1. The van der Waals surface area contributed by atoms with Crippen LogP contribution in [0.15, 0.2) is 36.4 Å². The van der Waals surface area contributed by atoms with Crippen LogP contribution in [0.1, 0.15) is 36.7 Å². The van der Waals surface area contributed by atoms with Gasteiger partial charge >= 0.3 is 0 Å². The van der Waals surface area contributed by atoms with Crippen LogP contribution in [0.25, 0.3) is 0 Å². The molecule has 0 aromatic heterocycles. The second-order valence-corrected chi connectivity index (χ2v) is 6.29. The topological polar surface area (TPSA) is 68.8 Å². The van der Waals surface area contributed by atoms with E-state index in [4.69, 9.17) is 26.4 Å². The number of aryl methyl sites for hydroxylation is 1. The molecule has 0 radical (unpaired) electrons. The van der Waals surface area contributed by atoms with Crippen molar-refractivity contribution in [2.45, 2.75) is 27.7 Å². The number of benzene rings is 2. The summed E-state index contributed by atoms with van der Waals surface area (Å²) in [5.74, 6) is 1.04. The molecule has 0 aliphatic heterocycles. The summed E-state index contributed by atoms with van der Waals surface area (Å²) in [5.41, 5.74) is 2.26. The Morgan fingerprint density at radius 2 is 1.57 bits per heavy atom. The van der Waals surface area contributed by atoms with E-state index in [0.29, 0.717) is 42.6 Å². The molecule has 0 saturated carbocycles. The third-order valence-corrected chi connectivity index (χ3v) is 3.88. The molecule has 2 rings (SSSR count). The van der Waals surface area contributed by atoms with Crippen LogP contribution >= 0.6 is 12.2 Å². The molecule has 0 saturated heterocycles. The predicted octanol–water partition coefficient (Wildman–Crippen LogP) is 4.32. The summed E-state index contributed by atoms with van der Waals surface area (Å²) in [6.07, 6.45) is 0. The lowest BCUT2D eigenvalue weighted by Crippen LogP contribution is -2.34. The van der Waals surface area contributed by atoms with Crippen molar-refractivity contribution < 1.29 is 19.0 Å². The van der Waals surface area contributed by atoms with Gasteiger partial charge in [0, 0.05) is 11.3 Å². The van der Waals surface area contributed by atoms with Crippen molar-refractivity contribution in [3.05, 3.63) is 47.5 Å². The zero-order valence-electron chi connectivity index (χ0n) is 16.6. The van der Waals surface area contributed by atoms with E-state index in [0.717, 1.165) is 11.3 Å². The number of amides is 1. The summed E-state index contributed by atoms with van der Waals surface area (Å²) in [5, 5.41) is 5.90. The lowest BCUT2D eigenvalue weighted by molar-refractivity contribution is 0.0976. The summed E-state index contributed by atoms with van der Waals surface area (Å²) < 4.78 is 17.0. The van der Waals surface area contributed by atoms with Crippen LogP contribution in [0.4, 0.5) is 5.69 Å². The van der Waals surface area contributed by atoms with Gasteiger partial charge < -0.3 is 19.5 Å². The van der Waals surface area contributed by atoms with Crippen LogP contribution in [-0.2, 0) is 0 Å². The lowest BCUT2D eigenvalue weighted by atomic mass is 10.1. The number of ether oxygens (including phenoxy) is 3. The summed E-state index contributed by atoms with van der Waals surface area (Å²) in [6.45, 7) is 8.91. The van der Waals surface area contributed by atoms with E-state index in [1.807, 2.05) is 52.0 Å². The molecule has 0 aliphatic rings. The van der Waals surface area contributed by atoms with Crippen molar-refractivity contribution in [3.63, 3.8) is 0 Å². The molecule has 0 atom stereocenters. The number of rotatable bonds is 8. The fourth-order valence-electron chi connectivity index (χ4n) is 2.58. The average molecular weight is 403 g/mol. The molecule has 7 heteroatoms. The molecule has 0 spiro atoms. The van der Waals surface area contributed by atoms with Crippen LogP contribution in [0.5, 0.6) is 17.2 Å². The Hall–Kier alpha value is -2.80. The van der Waals surface area contributed by atoms with Crippen molar-refractivity contribution >= 4 is 28.9 Å². The molecule has 0 heterocycles. The Labute approximate surface area is 171 Å². The number of thiocarbonyl (C=S) groups is 1. The molecule has 6 nitrogen and oxygen atoms in total. The Morgan fingerprint density at radius 1 is 0.964 bits per heavy atom. The van der Waals surface area contributed by atoms with Crippen molar-refractivity contribution in [2.75, 3.05) is 25.1 Å². The fraction of sp³-hybridized carbons (Fsp3) is 0.333. The standard InChI is InChI=1S/C21H26N2O4S/c1-5-25-17-12-15(13-18(26-6-2)19(17)27-7-3)20(24)23-21(28)22-16-10-8-9-14(4)11-16/h8-13H,5-7H2,1-4H3,(H2,22,23,24,28). The highest BCUT2D eigenvalue weighted by Gasteiger charge is 2.19. The van der Waals surface area contributed by atoms with Gasteiger partial charge in [-0.05, 0) is 69.7 Å². The van der Waals surface area contributed by atoms with E-state index in [1.165, 1.54) is 0 Å². The average Bonchev–Trinajstić information content (AvgIpc) is 2.64. The number of nitrogens with one attached hydrogen (secondary N) is 2. The molecule has 2 aromatic carbocycles. The molecular weight excluding hydrogens is 376 g/mol. The Balaban J connectivity index is 2.22. The third-order valence-electron chi connectivity index (χ3n) is 3.67. The Morgan fingerprint density at radius 3 is 2.11 bits per heavy atom. The summed E-state index contributed by atoms with van der Waals surface area (Å²) in [6, 6.07) is 11.0. The minimum atomic E-state index is -0.366. The largest absolute Gasteiger partial charge is 0.490 e. The molecule has 0 aliphatic carbocycles. The SMILES string of the molecule is CCOc1cc(C(=O)NC(=S)Nc2cccc(C)c2)cc(OCC)c1OCC. The summed E-state index contributed by atoms with van der Waals surface area (Å²) >= 11 is 5.26. The molecule has 2 aromatic rings. The Bertz CT molecular complexity index is 812. The van der Waals surface area contributed by atoms with Crippen LogP contribution in [0.3, 0.4) is 0 Å². The molecule has 0 fully saturated rings. The van der Waals surface area contributed by atoms with Crippen molar-refractivity contribution in [2.24, 2.45) is 0 Å². The maximum atomic E-state index is 12.7. The summed E-state index contributed by atoms with van der Waals surface area (Å²) in [7, 11) is 0. The zero-order valence-corrected chi connectivity index (χ0v) is 17.4. The summed E-state index contributed by atoms with van der Waals surface area (Å²) in [4.78, 5) is 12.7. The highest BCUT2D eigenvalue weighted by molar-refractivity contribution is 7.80. The van der Waals surface area contributed by atoms with Gasteiger partial charge in [-0.25, -0.2) is 0 Å². The monoisotopic (exact) mass is 402 g/mol. The van der Waals surface area contributed by atoms with Crippen LogP contribution in [0, 0.1) is 6.92 Å². The van der Waals surface area contributed by atoms with Gasteiger partial charge in [-0.1, -0.05) is 12.1 Å². The predicted molar refractivity (Wildman–Crippen MR) is 115 cm³/mol. The van der Waals surface area contributed by atoms with Gasteiger partial charge in [0.25, 0.3) is 5.91 Å². The first kappa shape index (κ1) is 21.5. The maximum absolute atomic E-state index is 12.7. The smallest absolute Gasteiger partial charge is 0.257 e. The van der Waals surface area contributed by atoms with E-state index < -0.39 is 0 Å². The number of hydrogen-bond acceptors (Lipinski definition) is 5. The Kier molecular flexibility index (Phi) is 8.07. The minimum Gasteiger partial charge on any atom is -0.490 e. The van der Waals surface area contributed by atoms with E-state index in [1.54, 1.807) is 12.1 Å². The van der Waals surface area contributed by atoms with Gasteiger partial charge in [0.2, 0.25) is 5.75 Å². The lowest BCUT2D eigenvalue weighted by Gasteiger charge is -2.17. The highest BCUT2D eigenvalue weighted by Crippen LogP contribution is 2.39. The molecule has 28 heavy (non-hydrogen) atoms. The van der Waals surface area contributed by atoms with Crippen LogP contribution in [0.2, 0.25) is 0 Å².